The molecular formula is C85H49N9. The highest BCUT2D eigenvalue weighted by atomic mass is 15.1. The van der Waals surface area contributed by atoms with Gasteiger partial charge in [-0.15, -0.1) is 0 Å². The molecule has 20 rings (SSSR count). The van der Waals surface area contributed by atoms with Crippen LogP contribution in [0.2, 0.25) is 0 Å². The van der Waals surface area contributed by atoms with Crippen LogP contribution in [-0.2, 0) is 0 Å². The van der Waals surface area contributed by atoms with Crippen molar-refractivity contribution in [3.8, 4) is 57.7 Å². The molecule has 94 heavy (non-hydrogen) atoms. The van der Waals surface area contributed by atoms with E-state index < -0.39 is 0 Å². The second-order valence-corrected chi connectivity index (χ2v) is 24.5. The maximum atomic E-state index is 11.1. The topological polar surface area (TPSA) is 90.0 Å². The van der Waals surface area contributed by atoms with Gasteiger partial charge < -0.3 is 18.3 Å². The second kappa shape index (κ2) is 19.6. The smallest absolute Gasteiger partial charge is 0.140 e. The molecule has 0 aliphatic carbocycles. The first-order valence-electron chi connectivity index (χ1n) is 31.6. The molecule has 434 valence electrons. The standard InChI is InChI=1S/C85H49N9/c86-50-52-18-17-27-58(71(52)51-87)53-44-84(93-80-40-36-54(89-72-28-9-1-19-59(72)60-20-2-10-29-73(60)89)46-67(80)68-47-55(37-41-81(68)93)90-74-30-11-3-21-61(74)62-22-4-12-31-75(62)90)88-85(45-53)94-82-42-38-56(91-76-32-13-5-23-63(76)64-24-6-14-33-77(64)91)48-69(82)70-49-57(39-43-83(70)94)92-78-34-15-7-25-65(78)66-26-8-16-35-79(66)92/h1-49H. The number of aromatic nitrogens is 7. The maximum Gasteiger partial charge on any atom is 0.140 e. The van der Waals surface area contributed by atoms with Gasteiger partial charge in [-0.05, 0) is 145 Å². The van der Waals surface area contributed by atoms with Crippen molar-refractivity contribution >= 4 is 131 Å². The molecule has 0 bridgehead atoms. The molecule has 0 saturated heterocycles. The van der Waals surface area contributed by atoms with Crippen LogP contribution in [0.25, 0.3) is 176 Å². The van der Waals surface area contributed by atoms with Gasteiger partial charge in [0.2, 0.25) is 0 Å². The summed E-state index contributed by atoms with van der Waals surface area (Å²) in [4.78, 5) is 5.92. The van der Waals surface area contributed by atoms with Gasteiger partial charge >= 0.3 is 0 Å². The Hall–Kier alpha value is -13.2. The van der Waals surface area contributed by atoms with Crippen LogP contribution >= 0.6 is 0 Å². The third-order valence-electron chi connectivity index (χ3n) is 19.7. The first-order valence-corrected chi connectivity index (χ1v) is 31.6. The van der Waals surface area contributed by atoms with E-state index in [2.05, 4.69) is 319 Å². The molecule has 0 amide bonds. The summed E-state index contributed by atoms with van der Waals surface area (Å²) in [6.07, 6.45) is 0. The van der Waals surface area contributed by atoms with Crippen molar-refractivity contribution in [3.63, 3.8) is 0 Å². The Labute approximate surface area is 536 Å². The van der Waals surface area contributed by atoms with Gasteiger partial charge in [-0.25, -0.2) is 4.98 Å². The van der Waals surface area contributed by atoms with Crippen LogP contribution in [-0.4, -0.2) is 32.4 Å². The van der Waals surface area contributed by atoms with Gasteiger partial charge in [0.1, 0.15) is 23.8 Å². The van der Waals surface area contributed by atoms with E-state index in [0.29, 0.717) is 28.3 Å². The van der Waals surface area contributed by atoms with E-state index in [1.54, 1.807) is 6.07 Å². The molecule has 0 aliphatic heterocycles. The van der Waals surface area contributed by atoms with Crippen LogP contribution < -0.4 is 0 Å². The zero-order valence-corrected chi connectivity index (χ0v) is 50.3. The Morgan fingerprint density at radius 1 is 0.223 bits per heavy atom. The van der Waals surface area contributed by atoms with Gasteiger partial charge in [0, 0.05) is 92.9 Å². The van der Waals surface area contributed by atoms with E-state index in [9.17, 15) is 10.5 Å². The van der Waals surface area contributed by atoms with Crippen LogP contribution in [0.15, 0.2) is 297 Å². The van der Waals surface area contributed by atoms with Gasteiger partial charge in [-0.2, -0.15) is 10.5 Å². The Morgan fingerprint density at radius 2 is 0.479 bits per heavy atom. The lowest BCUT2D eigenvalue weighted by molar-refractivity contribution is 1.01. The van der Waals surface area contributed by atoms with Crippen molar-refractivity contribution in [2.45, 2.75) is 0 Å². The summed E-state index contributed by atoms with van der Waals surface area (Å²) in [5.41, 5.74) is 18.9. The minimum Gasteiger partial charge on any atom is -0.309 e. The molecule has 0 aliphatic rings. The first-order chi connectivity index (χ1) is 46.6. The Kier molecular flexibility index (Phi) is 10.8. The SMILES string of the molecule is N#Cc1cccc(-c2cc(-n3c4ccc(-n5c6ccccc6c6ccccc65)cc4c4cc(-n5c6ccccc6c6ccccc65)ccc43)nc(-n3c4ccc(-n5c6ccccc6c6ccccc65)cc4c4cc(-n5c6ccccc6c6ccccc65)ccc43)c2)c1C#N. The number of hydrogen-bond acceptors (Lipinski definition) is 3. The number of fused-ring (bicyclic) bond motifs is 18. The second-order valence-electron chi connectivity index (χ2n) is 24.5. The average Bonchev–Trinajstić information content (AvgIpc) is 1.57. The lowest BCUT2D eigenvalue weighted by Gasteiger charge is -2.16. The summed E-state index contributed by atoms with van der Waals surface area (Å²) in [6, 6.07) is 111. The third-order valence-corrected chi connectivity index (χ3v) is 19.7. The van der Waals surface area contributed by atoms with Gasteiger partial charge in [-0.1, -0.05) is 158 Å². The van der Waals surface area contributed by atoms with Crippen LogP contribution in [0.3, 0.4) is 0 Å². The summed E-state index contributed by atoms with van der Waals surface area (Å²) in [6.45, 7) is 0. The lowest BCUT2D eigenvalue weighted by Crippen LogP contribution is -2.05. The highest BCUT2D eigenvalue weighted by Crippen LogP contribution is 2.44. The lowest BCUT2D eigenvalue weighted by atomic mass is 9.97. The Bertz CT molecular complexity index is 5860. The van der Waals surface area contributed by atoms with Crippen LogP contribution in [0, 0.1) is 22.7 Å². The zero-order valence-electron chi connectivity index (χ0n) is 50.3. The van der Waals surface area contributed by atoms with E-state index in [0.717, 1.165) is 116 Å². The minimum atomic E-state index is 0.302. The Balaban J connectivity index is 0.887. The monoisotopic (exact) mass is 1200 g/mol. The van der Waals surface area contributed by atoms with E-state index in [1.807, 2.05) is 12.1 Å². The largest absolute Gasteiger partial charge is 0.309 e. The predicted molar refractivity (Wildman–Crippen MR) is 385 cm³/mol. The quantitative estimate of drug-likeness (QED) is 0.159. The van der Waals surface area contributed by atoms with E-state index in [4.69, 9.17) is 4.98 Å². The van der Waals surface area contributed by atoms with Crippen molar-refractivity contribution in [3.05, 3.63) is 308 Å². The third kappa shape index (κ3) is 7.23. The molecule has 0 saturated carbocycles. The number of benzene rings is 13. The normalized spacial score (nSPS) is 12.0. The van der Waals surface area contributed by atoms with Crippen molar-refractivity contribution in [2.75, 3.05) is 0 Å². The fourth-order valence-electron chi connectivity index (χ4n) is 15.7. The van der Waals surface area contributed by atoms with Crippen molar-refractivity contribution in [2.24, 2.45) is 0 Å². The van der Waals surface area contributed by atoms with E-state index in [1.165, 1.54) is 43.1 Å². The van der Waals surface area contributed by atoms with Crippen molar-refractivity contribution in [1.29, 1.82) is 10.5 Å². The highest BCUT2D eigenvalue weighted by molar-refractivity contribution is 6.17. The molecule has 0 fully saturated rings. The molecule has 7 aromatic heterocycles. The van der Waals surface area contributed by atoms with Gasteiger partial charge in [0.15, 0.2) is 0 Å². The first kappa shape index (κ1) is 51.7. The van der Waals surface area contributed by atoms with Gasteiger partial charge in [0.05, 0.1) is 77.3 Å². The molecule has 0 radical (unpaired) electrons. The summed E-state index contributed by atoms with van der Waals surface area (Å²) < 4.78 is 14.1. The summed E-state index contributed by atoms with van der Waals surface area (Å²) in [5.74, 6) is 1.29. The maximum absolute atomic E-state index is 11.1. The molecule has 0 spiro atoms. The molecule has 9 nitrogen and oxygen atoms in total. The average molecular weight is 1200 g/mol. The summed E-state index contributed by atoms with van der Waals surface area (Å²) >= 11 is 0. The van der Waals surface area contributed by atoms with Crippen molar-refractivity contribution in [1.82, 2.24) is 32.4 Å². The number of nitrogens with zero attached hydrogens (tertiary/aromatic N) is 9. The number of pyridine rings is 1. The van der Waals surface area contributed by atoms with Crippen LogP contribution in [0.1, 0.15) is 11.1 Å². The van der Waals surface area contributed by atoms with Gasteiger partial charge in [-0.3, -0.25) is 9.13 Å². The van der Waals surface area contributed by atoms with Crippen LogP contribution in [0.5, 0.6) is 0 Å². The molecule has 0 atom stereocenters. The number of nitriles is 2. The van der Waals surface area contributed by atoms with Crippen LogP contribution in [0.4, 0.5) is 0 Å². The number of rotatable bonds is 7. The number of hydrogen-bond donors (Lipinski definition) is 0. The number of para-hydroxylation sites is 8. The highest BCUT2D eigenvalue weighted by Gasteiger charge is 2.25. The van der Waals surface area contributed by atoms with Crippen molar-refractivity contribution < 1.29 is 0 Å². The van der Waals surface area contributed by atoms with E-state index >= 15 is 0 Å². The Morgan fingerprint density at radius 3 is 0.734 bits per heavy atom. The summed E-state index contributed by atoms with van der Waals surface area (Å²) in [7, 11) is 0. The molecule has 13 aromatic carbocycles. The molecule has 0 unspecified atom stereocenters. The molecule has 0 N–H and O–H groups in total. The predicted octanol–water partition coefficient (Wildman–Crippen LogP) is 21.1. The minimum absolute atomic E-state index is 0.302. The van der Waals surface area contributed by atoms with Gasteiger partial charge in [0.25, 0.3) is 0 Å². The zero-order chi connectivity index (χ0) is 61.9. The molecule has 20 aromatic rings. The summed E-state index contributed by atoms with van der Waals surface area (Å²) in [5, 5.41) is 35.4. The molecular weight excluding hydrogens is 1150 g/mol. The molecule has 9 heteroatoms. The van der Waals surface area contributed by atoms with E-state index in [-0.39, 0.29) is 0 Å². The fourth-order valence-corrected chi connectivity index (χ4v) is 15.7. The molecule has 7 heterocycles. The fraction of sp³-hybridized carbons (Fsp3) is 0.